The standard InChI is InChI=1S/C23H27N3O2/c1-25-23(19-5-9-20(27)10-6-19)17-22(24-25)18-7-11-21(12-8-18)28-16-15-26-13-3-2-4-14-26/h5-12,17,27H,2-4,13-16H2,1H3. The maximum Gasteiger partial charge on any atom is 0.119 e. The Labute approximate surface area is 166 Å². The Morgan fingerprint density at radius 2 is 1.61 bits per heavy atom. The summed E-state index contributed by atoms with van der Waals surface area (Å²) in [5.74, 6) is 1.16. The van der Waals surface area contributed by atoms with Gasteiger partial charge in [0.1, 0.15) is 18.1 Å². The minimum atomic E-state index is 0.266. The Balaban J connectivity index is 1.39. The predicted octanol–water partition coefficient (Wildman–Crippen LogP) is 4.32. The SMILES string of the molecule is Cn1nc(-c2ccc(OCCN3CCCCC3)cc2)cc1-c1ccc(O)cc1. The summed E-state index contributed by atoms with van der Waals surface area (Å²) >= 11 is 0. The molecule has 0 atom stereocenters. The lowest BCUT2D eigenvalue weighted by atomic mass is 10.1. The first-order valence-corrected chi connectivity index (χ1v) is 9.98. The van der Waals surface area contributed by atoms with Crippen LogP contribution in [0.4, 0.5) is 0 Å². The highest BCUT2D eigenvalue weighted by atomic mass is 16.5. The molecule has 4 rings (SSSR count). The lowest BCUT2D eigenvalue weighted by molar-refractivity contribution is 0.183. The number of likely N-dealkylation sites (tertiary alicyclic amines) is 1. The molecule has 0 bridgehead atoms. The molecule has 1 N–H and O–H groups in total. The van der Waals surface area contributed by atoms with E-state index in [0.717, 1.165) is 41.4 Å². The molecule has 2 aromatic carbocycles. The number of benzene rings is 2. The van der Waals surface area contributed by atoms with E-state index in [0.29, 0.717) is 0 Å². The summed E-state index contributed by atoms with van der Waals surface area (Å²) in [7, 11) is 1.93. The molecular weight excluding hydrogens is 350 g/mol. The van der Waals surface area contributed by atoms with Crippen molar-refractivity contribution in [2.24, 2.45) is 7.05 Å². The molecule has 1 aliphatic heterocycles. The van der Waals surface area contributed by atoms with Gasteiger partial charge in [0, 0.05) is 24.7 Å². The van der Waals surface area contributed by atoms with Crippen molar-refractivity contribution in [3.63, 3.8) is 0 Å². The molecule has 1 aliphatic rings. The Morgan fingerprint density at radius 1 is 0.929 bits per heavy atom. The molecule has 5 nitrogen and oxygen atoms in total. The van der Waals surface area contributed by atoms with Gasteiger partial charge in [-0.25, -0.2) is 0 Å². The zero-order chi connectivity index (χ0) is 19.3. The molecule has 3 aromatic rings. The van der Waals surface area contributed by atoms with Crippen molar-refractivity contribution in [3.05, 3.63) is 54.6 Å². The van der Waals surface area contributed by atoms with Crippen LogP contribution in [0, 0.1) is 0 Å². The first-order chi connectivity index (χ1) is 13.7. The van der Waals surface area contributed by atoms with Crippen LogP contribution in [0.5, 0.6) is 11.5 Å². The maximum atomic E-state index is 9.48. The van der Waals surface area contributed by atoms with E-state index >= 15 is 0 Å². The highest BCUT2D eigenvalue weighted by molar-refractivity contribution is 5.69. The number of aryl methyl sites for hydroxylation is 1. The van der Waals surface area contributed by atoms with Crippen LogP contribution in [-0.4, -0.2) is 46.0 Å². The summed E-state index contributed by atoms with van der Waals surface area (Å²) in [6.45, 7) is 4.13. The van der Waals surface area contributed by atoms with E-state index in [1.165, 1.54) is 32.4 Å². The monoisotopic (exact) mass is 377 g/mol. The minimum absolute atomic E-state index is 0.266. The third kappa shape index (κ3) is 4.37. The van der Waals surface area contributed by atoms with Crippen molar-refractivity contribution in [1.82, 2.24) is 14.7 Å². The molecule has 0 spiro atoms. The smallest absolute Gasteiger partial charge is 0.119 e. The van der Waals surface area contributed by atoms with Crippen molar-refractivity contribution in [1.29, 1.82) is 0 Å². The number of phenols is 1. The van der Waals surface area contributed by atoms with Crippen molar-refractivity contribution >= 4 is 0 Å². The zero-order valence-corrected chi connectivity index (χ0v) is 16.3. The molecule has 0 aliphatic carbocycles. The molecule has 0 unspecified atom stereocenters. The van der Waals surface area contributed by atoms with Gasteiger partial charge in [-0.2, -0.15) is 5.10 Å². The number of piperidine rings is 1. The maximum absolute atomic E-state index is 9.48. The van der Waals surface area contributed by atoms with Crippen LogP contribution in [0.2, 0.25) is 0 Å². The molecule has 146 valence electrons. The Kier molecular flexibility index (Phi) is 5.63. The van der Waals surface area contributed by atoms with Gasteiger partial charge < -0.3 is 9.84 Å². The van der Waals surface area contributed by atoms with Crippen molar-refractivity contribution in [2.45, 2.75) is 19.3 Å². The molecule has 1 saturated heterocycles. The summed E-state index contributed by atoms with van der Waals surface area (Å²) in [6.07, 6.45) is 3.98. The third-order valence-corrected chi connectivity index (χ3v) is 5.32. The molecule has 28 heavy (non-hydrogen) atoms. The number of hydrogen-bond acceptors (Lipinski definition) is 4. The van der Waals surface area contributed by atoms with E-state index in [1.807, 2.05) is 36.0 Å². The molecule has 0 radical (unpaired) electrons. The van der Waals surface area contributed by atoms with Crippen LogP contribution in [0.15, 0.2) is 54.6 Å². The van der Waals surface area contributed by atoms with Crippen molar-refractivity contribution < 1.29 is 9.84 Å². The van der Waals surface area contributed by atoms with Crippen molar-refractivity contribution in [3.8, 4) is 34.0 Å². The predicted molar refractivity (Wildman–Crippen MR) is 112 cm³/mol. The molecule has 1 aromatic heterocycles. The topological polar surface area (TPSA) is 50.5 Å². The van der Waals surface area contributed by atoms with Gasteiger partial charge in [-0.3, -0.25) is 9.58 Å². The first kappa shape index (κ1) is 18.6. The van der Waals surface area contributed by atoms with Gasteiger partial charge in [0.05, 0.1) is 11.4 Å². The van der Waals surface area contributed by atoms with E-state index in [2.05, 4.69) is 28.2 Å². The van der Waals surface area contributed by atoms with Gasteiger partial charge in [-0.15, -0.1) is 0 Å². The first-order valence-electron chi connectivity index (χ1n) is 9.98. The van der Waals surface area contributed by atoms with Crippen LogP contribution >= 0.6 is 0 Å². The summed E-state index contributed by atoms with van der Waals surface area (Å²) in [5.41, 5.74) is 4.02. The van der Waals surface area contributed by atoms with Crippen LogP contribution in [0.1, 0.15) is 19.3 Å². The van der Waals surface area contributed by atoms with Crippen LogP contribution in [0.3, 0.4) is 0 Å². The Morgan fingerprint density at radius 3 is 2.32 bits per heavy atom. The number of nitrogens with zero attached hydrogens (tertiary/aromatic N) is 3. The average molecular weight is 377 g/mol. The number of phenolic OH excluding ortho intramolecular Hbond substituents is 1. The minimum Gasteiger partial charge on any atom is -0.508 e. The lowest BCUT2D eigenvalue weighted by Crippen LogP contribution is -2.33. The fourth-order valence-electron chi connectivity index (χ4n) is 3.71. The van der Waals surface area contributed by atoms with E-state index in [1.54, 1.807) is 12.1 Å². The average Bonchev–Trinajstić information content (AvgIpc) is 3.11. The lowest BCUT2D eigenvalue weighted by Gasteiger charge is -2.26. The summed E-state index contributed by atoms with van der Waals surface area (Å²) in [6, 6.07) is 17.4. The highest BCUT2D eigenvalue weighted by Gasteiger charge is 2.11. The van der Waals surface area contributed by atoms with Crippen LogP contribution < -0.4 is 4.74 Å². The second-order valence-corrected chi connectivity index (χ2v) is 7.36. The molecule has 5 heteroatoms. The number of aromatic hydroxyl groups is 1. The Hall–Kier alpha value is -2.79. The largest absolute Gasteiger partial charge is 0.508 e. The van der Waals surface area contributed by atoms with Crippen LogP contribution in [0.25, 0.3) is 22.5 Å². The molecule has 1 fully saturated rings. The second-order valence-electron chi connectivity index (χ2n) is 7.36. The molecular formula is C23H27N3O2. The number of hydrogen-bond donors (Lipinski definition) is 1. The van der Waals surface area contributed by atoms with E-state index < -0.39 is 0 Å². The molecule has 0 amide bonds. The number of aromatic nitrogens is 2. The fraction of sp³-hybridized carbons (Fsp3) is 0.348. The number of ether oxygens (including phenoxy) is 1. The molecule has 0 saturated carbocycles. The van der Waals surface area contributed by atoms with E-state index in [9.17, 15) is 5.11 Å². The van der Waals surface area contributed by atoms with Gasteiger partial charge in [0.2, 0.25) is 0 Å². The Bertz CT molecular complexity index is 895. The molecule has 2 heterocycles. The highest BCUT2D eigenvalue weighted by Crippen LogP contribution is 2.28. The number of rotatable bonds is 6. The van der Waals surface area contributed by atoms with Gasteiger partial charge in [0.25, 0.3) is 0 Å². The van der Waals surface area contributed by atoms with Gasteiger partial charge in [-0.1, -0.05) is 6.42 Å². The summed E-state index contributed by atoms with van der Waals surface area (Å²) < 4.78 is 7.78. The summed E-state index contributed by atoms with van der Waals surface area (Å²) in [5, 5.41) is 14.1. The van der Waals surface area contributed by atoms with E-state index in [-0.39, 0.29) is 5.75 Å². The second kappa shape index (κ2) is 8.48. The quantitative estimate of drug-likeness (QED) is 0.695. The fourth-order valence-corrected chi connectivity index (χ4v) is 3.71. The zero-order valence-electron chi connectivity index (χ0n) is 16.3. The summed E-state index contributed by atoms with van der Waals surface area (Å²) in [4.78, 5) is 2.48. The van der Waals surface area contributed by atoms with Crippen molar-refractivity contribution in [2.75, 3.05) is 26.2 Å². The normalized spacial score (nSPS) is 14.9. The van der Waals surface area contributed by atoms with Crippen LogP contribution in [-0.2, 0) is 7.05 Å². The van der Waals surface area contributed by atoms with E-state index in [4.69, 9.17) is 4.74 Å². The van der Waals surface area contributed by atoms with Gasteiger partial charge in [-0.05, 0) is 80.5 Å². The van der Waals surface area contributed by atoms with Gasteiger partial charge >= 0.3 is 0 Å². The van der Waals surface area contributed by atoms with Gasteiger partial charge in [0.15, 0.2) is 0 Å². The third-order valence-electron chi connectivity index (χ3n) is 5.32.